The molecule has 1 aliphatic rings. The molecule has 0 aliphatic heterocycles. The van der Waals surface area contributed by atoms with E-state index in [1.54, 1.807) is 0 Å². The van der Waals surface area contributed by atoms with Gasteiger partial charge in [0.2, 0.25) is 17.5 Å². The molecule has 1 aliphatic carbocycles. The fourth-order valence-corrected chi connectivity index (χ4v) is 1.93. The summed E-state index contributed by atoms with van der Waals surface area (Å²) < 4.78 is 93.4. The number of allylic oxidation sites excluding steroid dienone is 2. The maximum absolute atomic E-state index is 14.1. The van der Waals surface area contributed by atoms with Crippen LogP contribution >= 0.6 is 0 Å². The van der Waals surface area contributed by atoms with Gasteiger partial charge in [0.15, 0.2) is 11.7 Å². The summed E-state index contributed by atoms with van der Waals surface area (Å²) in [7, 11) is 0. The van der Waals surface area contributed by atoms with E-state index >= 15 is 0 Å². The van der Waals surface area contributed by atoms with Crippen molar-refractivity contribution in [3.63, 3.8) is 0 Å². The third kappa shape index (κ3) is 1.43. The molecule has 0 fully saturated rings. The Kier molecular flexibility index (Phi) is 3.05. The second kappa shape index (κ2) is 3.62. The average Bonchev–Trinajstić information content (AvgIpc) is 2.22. The Morgan fingerprint density at radius 2 is 1.47 bits per heavy atom. The Morgan fingerprint density at radius 3 is 1.82 bits per heavy atom. The van der Waals surface area contributed by atoms with E-state index in [0.29, 0.717) is 0 Å². The Morgan fingerprint density at radius 1 is 1.06 bits per heavy atom. The van der Waals surface area contributed by atoms with Crippen molar-refractivity contribution in [1.29, 1.82) is 0 Å². The van der Waals surface area contributed by atoms with Crippen LogP contribution in [0.1, 0.15) is 20.8 Å². The molecule has 0 saturated heterocycles. The number of hydrogen-bond donors (Lipinski definition) is 0. The molecule has 0 aromatic carbocycles. The first-order chi connectivity index (χ1) is 7.42. The highest BCUT2D eigenvalue weighted by Crippen LogP contribution is 2.58. The van der Waals surface area contributed by atoms with E-state index in [9.17, 15) is 30.7 Å². The van der Waals surface area contributed by atoms with Gasteiger partial charge in [-0.2, -0.15) is 8.78 Å². The second-order valence-corrected chi connectivity index (χ2v) is 4.52. The molecule has 0 aromatic heterocycles. The van der Waals surface area contributed by atoms with E-state index in [1.165, 1.54) is 0 Å². The van der Waals surface area contributed by atoms with Gasteiger partial charge in [-0.1, -0.05) is 13.8 Å². The highest BCUT2D eigenvalue weighted by Gasteiger charge is 2.76. The van der Waals surface area contributed by atoms with Gasteiger partial charge in [-0.15, -0.1) is 0 Å². The lowest BCUT2D eigenvalue weighted by Crippen LogP contribution is -2.66. The van der Waals surface area contributed by atoms with Crippen LogP contribution in [0.3, 0.4) is 0 Å². The van der Waals surface area contributed by atoms with Crippen LogP contribution in [0.15, 0.2) is 11.7 Å². The Labute approximate surface area is 93.5 Å². The maximum atomic E-state index is 14.1. The zero-order valence-corrected chi connectivity index (χ0v) is 9.30. The maximum Gasteiger partial charge on any atom is 0.321 e. The highest BCUT2D eigenvalue weighted by molar-refractivity contribution is 5.34. The van der Waals surface area contributed by atoms with E-state index in [2.05, 4.69) is 0 Å². The minimum atomic E-state index is -4.98. The molecular weight excluding hydrogens is 253 g/mol. The molecule has 7 heteroatoms. The van der Waals surface area contributed by atoms with E-state index in [-0.39, 0.29) is 6.92 Å². The van der Waals surface area contributed by atoms with Crippen LogP contribution in [-0.2, 0) is 0 Å². The largest absolute Gasteiger partial charge is 0.321 e. The van der Waals surface area contributed by atoms with Gasteiger partial charge in [0.05, 0.1) is 0 Å². The first-order valence-electron chi connectivity index (χ1n) is 4.87. The number of hydrogen-bond acceptors (Lipinski definition) is 0. The predicted octanol–water partition coefficient (Wildman–Crippen LogP) is 4.22. The van der Waals surface area contributed by atoms with Gasteiger partial charge in [0, 0.05) is 0 Å². The quantitative estimate of drug-likeness (QED) is 0.622. The molecule has 0 saturated carbocycles. The Hall–Kier alpha value is -0.750. The van der Waals surface area contributed by atoms with Gasteiger partial charge in [0.1, 0.15) is 0 Å². The van der Waals surface area contributed by atoms with E-state index < -0.39 is 41.0 Å². The average molecular weight is 264 g/mol. The molecule has 0 spiro atoms. The molecule has 0 nitrogen and oxygen atoms in total. The summed E-state index contributed by atoms with van der Waals surface area (Å²) in [4.78, 5) is 0. The van der Waals surface area contributed by atoms with Crippen LogP contribution < -0.4 is 0 Å². The van der Waals surface area contributed by atoms with Crippen LogP contribution in [0, 0.1) is 5.92 Å². The van der Waals surface area contributed by atoms with Gasteiger partial charge in [0.25, 0.3) is 0 Å². The Bertz CT molecular complexity index is 358. The van der Waals surface area contributed by atoms with Crippen molar-refractivity contribution in [3.05, 3.63) is 11.7 Å². The van der Waals surface area contributed by atoms with Crippen molar-refractivity contribution in [2.45, 2.75) is 44.2 Å². The monoisotopic (exact) mass is 264 g/mol. The lowest BCUT2D eigenvalue weighted by molar-refractivity contribution is -0.237. The molecule has 3 atom stereocenters. The summed E-state index contributed by atoms with van der Waals surface area (Å²) in [6.45, 7) is 1.84. The molecule has 0 aromatic rings. The summed E-state index contributed by atoms with van der Waals surface area (Å²) in [5.74, 6) is -11.6. The second-order valence-electron chi connectivity index (χ2n) is 4.52. The zero-order valence-electron chi connectivity index (χ0n) is 9.30. The van der Waals surface area contributed by atoms with E-state index in [1.807, 2.05) is 0 Å². The van der Waals surface area contributed by atoms with E-state index in [4.69, 9.17) is 0 Å². The molecule has 0 bridgehead atoms. The topological polar surface area (TPSA) is 0 Å². The van der Waals surface area contributed by atoms with Crippen molar-refractivity contribution in [3.8, 4) is 0 Å². The SMILES string of the molecule is CC(C)C1(F)C(F)=C(F)C(F)C(F)(F)C1(C)F. The van der Waals surface area contributed by atoms with Crippen molar-refractivity contribution in [2.24, 2.45) is 5.92 Å². The normalized spacial score (nSPS) is 42.2. The van der Waals surface area contributed by atoms with Crippen LogP contribution in [0.4, 0.5) is 30.7 Å². The molecule has 0 radical (unpaired) electrons. The highest BCUT2D eigenvalue weighted by atomic mass is 19.3. The molecule has 17 heavy (non-hydrogen) atoms. The fraction of sp³-hybridized carbons (Fsp3) is 0.800. The lowest BCUT2D eigenvalue weighted by atomic mass is 9.69. The lowest BCUT2D eigenvalue weighted by Gasteiger charge is -2.46. The Balaban J connectivity index is 3.60. The molecule has 0 amide bonds. The third-order valence-corrected chi connectivity index (χ3v) is 3.17. The summed E-state index contributed by atoms with van der Waals surface area (Å²) in [5, 5.41) is 0. The summed E-state index contributed by atoms with van der Waals surface area (Å²) in [5.41, 5.74) is -8.07. The molecule has 0 heterocycles. The number of alkyl halides is 5. The summed E-state index contributed by atoms with van der Waals surface area (Å²) in [6.07, 6.45) is -3.82. The van der Waals surface area contributed by atoms with Gasteiger partial charge in [-0.05, 0) is 12.8 Å². The predicted molar refractivity (Wildman–Crippen MR) is 47.3 cm³/mol. The standard InChI is InChI=1S/C10H11F7/c1-4(2)9(15)6(12)5(11)7(13)10(16,17)8(9,3)14/h4,7H,1-3H3. The van der Waals surface area contributed by atoms with Crippen molar-refractivity contribution < 1.29 is 30.7 Å². The van der Waals surface area contributed by atoms with E-state index in [0.717, 1.165) is 13.8 Å². The van der Waals surface area contributed by atoms with Gasteiger partial charge < -0.3 is 0 Å². The van der Waals surface area contributed by atoms with Crippen LogP contribution in [0.2, 0.25) is 0 Å². The minimum absolute atomic E-state index is 0.0333. The van der Waals surface area contributed by atoms with Crippen LogP contribution in [0.25, 0.3) is 0 Å². The molecule has 0 N–H and O–H groups in total. The minimum Gasteiger partial charge on any atom is -0.233 e. The molecule has 3 unspecified atom stereocenters. The number of halogens is 7. The molecule has 1 rings (SSSR count). The van der Waals surface area contributed by atoms with Gasteiger partial charge in [-0.3, -0.25) is 0 Å². The zero-order chi connectivity index (χ0) is 13.8. The number of rotatable bonds is 1. The smallest absolute Gasteiger partial charge is 0.233 e. The van der Waals surface area contributed by atoms with Crippen LogP contribution in [-0.4, -0.2) is 23.4 Å². The van der Waals surface area contributed by atoms with Crippen molar-refractivity contribution in [2.75, 3.05) is 0 Å². The first-order valence-corrected chi connectivity index (χ1v) is 4.87. The third-order valence-electron chi connectivity index (χ3n) is 3.17. The van der Waals surface area contributed by atoms with Gasteiger partial charge >= 0.3 is 5.92 Å². The molecular formula is C10H11F7. The molecule has 100 valence electrons. The van der Waals surface area contributed by atoms with Gasteiger partial charge in [-0.25, -0.2) is 22.0 Å². The summed E-state index contributed by atoms with van der Waals surface area (Å²) in [6, 6.07) is 0. The first kappa shape index (κ1) is 14.3. The summed E-state index contributed by atoms with van der Waals surface area (Å²) >= 11 is 0. The fourth-order valence-electron chi connectivity index (χ4n) is 1.93. The van der Waals surface area contributed by atoms with Crippen molar-refractivity contribution >= 4 is 0 Å². The van der Waals surface area contributed by atoms with Crippen molar-refractivity contribution in [1.82, 2.24) is 0 Å². The van der Waals surface area contributed by atoms with Crippen LogP contribution in [0.5, 0.6) is 0 Å².